The van der Waals surface area contributed by atoms with E-state index in [4.69, 9.17) is 15.2 Å². The summed E-state index contributed by atoms with van der Waals surface area (Å²) in [6, 6.07) is 13.6. The van der Waals surface area contributed by atoms with Gasteiger partial charge in [0.05, 0.1) is 17.6 Å². The second-order valence-corrected chi connectivity index (χ2v) is 5.60. The minimum absolute atomic E-state index is 0. The van der Waals surface area contributed by atoms with E-state index >= 15 is 0 Å². The molecule has 0 atom stereocenters. The number of rotatable bonds is 2. The number of nitrogens with zero attached hydrogens (tertiary/aromatic N) is 5. The van der Waals surface area contributed by atoms with Gasteiger partial charge in [-0.25, -0.2) is 9.50 Å². The lowest BCUT2D eigenvalue weighted by Gasteiger charge is -2.04. The molecule has 0 fully saturated rings. The minimum atomic E-state index is 0. The molecule has 0 aliphatic heterocycles. The van der Waals surface area contributed by atoms with Crippen LogP contribution in [0.25, 0.3) is 39.3 Å². The van der Waals surface area contributed by atoms with Crippen LogP contribution in [0.3, 0.4) is 0 Å². The van der Waals surface area contributed by atoms with Gasteiger partial charge in [0.1, 0.15) is 5.52 Å². The third-order valence-corrected chi connectivity index (χ3v) is 4.04. The molecule has 0 spiro atoms. The zero-order chi connectivity index (χ0) is 16.8. The van der Waals surface area contributed by atoms with Crippen molar-refractivity contribution in [3.05, 3.63) is 61.1 Å². The van der Waals surface area contributed by atoms with E-state index in [-0.39, 0.29) is 13.4 Å². The monoisotopic (exact) mass is 344 g/mol. The standard InChI is InChI=1S/C18H12N6O.CH4/c19-18-22-14-9-12(1-3-16(14)25-18)13-2-4-17-21-10-15(24(17)23-13)11-5-7-20-8-6-11;/h1-10H,(H2,19,22);1H4. The van der Waals surface area contributed by atoms with Gasteiger partial charge in [-0.15, -0.1) is 0 Å². The second kappa shape index (κ2) is 5.96. The highest BCUT2D eigenvalue weighted by atomic mass is 16.4. The molecular weight excluding hydrogens is 328 g/mol. The number of benzene rings is 1. The fourth-order valence-corrected chi connectivity index (χ4v) is 2.85. The molecular formula is C19H16N6O. The van der Waals surface area contributed by atoms with Gasteiger partial charge >= 0.3 is 0 Å². The molecule has 0 saturated heterocycles. The first-order valence-electron chi connectivity index (χ1n) is 7.69. The fourth-order valence-electron chi connectivity index (χ4n) is 2.85. The second-order valence-electron chi connectivity index (χ2n) is 5.60. The maximum atomic E-state index is 5.61. The van der Waals surface area contributed by atoms with Crippen LogP contribution in [-0.2, 0) is 0 Å². The Labute approximate surface area is 149 Å². The molecule has 5 aromatic rings. The largest absolute Gasteiger partial charge is 0.424 e. The number of fused-ring (bicyclic) bond motifs is 2. The number of nitrogens with two attached hydrogens (primary N) is 1. The maximum absolute atomic E-state index is 5.61. The molecule has 5 rings (SSSR count). The molecule has 1 aromatic carbocycles. The highest BCUT2D eigenvalue weighted by Crippen LogP contribution is 2.26. The van der Waals surface area contributed by atoms with Crippen molar-refractivity contribution in [3.8, 4) is 22.5 Å². The zero-order valence-corrected chi connectivity index (χ0v) is 13.0. The van der Waals surface area contributed by atoms with Gasteiger partial charge in [-0.1, -0.05) is 7.43 Å². The minimum Gasteiger partial charge on any atom is -0.424 e. The van der Waals surface area contributed by atoms with Crippen molar-refractivity contribution < 1.29 is 4.42 Å². The number of nitrogen functional groups attached to an aromatic ring is 1. The molecule has 26 heavy (non-hydrogen) atoms. The van der Waals surface area contributed by atoms with E-state index in [0.717, 1.165) is 28.2 Å². The molecule has 0 saturated carbocycles. The average Bonchev–Trinajstić information content (AvgIpc) is 3.23. The van der Waals surface area contributed by atoms with Gasteiger partial charge in [-0.05, 0) is 42.5 Å². The number of pyridine rings is 1. The summed E-state index contributed by atoms with van der Waals surface area (Å²) in [7, 11) is 0. The molecule has 0 aliphatic rings. The third-order valence-electron chi connectivity index (χ3n) is 4.04. The normalized spacial score (nSPS) is 10.9. The van der Waals surface area contributed by atoms with Crippen LogP contribution in [0.5, 0.6) is 0 Å². The topological polar surface area (TPSA) is 95.1 Å². The van der Waals surface area contributed by atoms with E-state index < -0.39 is 0 Å². The lowest BCUT2D eigenvalue weighted by molar-refractivity contribution is 0.626. The summed E-state index contributed by atoms with van der Waals surface area (Å²) < 4.78 is 7.14. The molecule has 4 aromatic heterocycles. The van der Waals surface area contributed by atoms with E-state index in [9.17, 15) is 0 Å². The third kappa shape index (κ3) is 2.46. The maximum Gasteiger partial charge on any atom is 0.292 e. The number of hydrogen-bond donors (Lipinski definition) is 1. The van der Waals surface area contributed by atoms with Crippen LogP contribution < -0.4 is 5.73 Å². The molecule has 0 amide bonds. The highest BCUT2D eigenvalue weighted by molar-refractivity contribution is 5.80. The van der Waals surface area contributed by atoms with Gasteiger partial charge in [0.15, 0.2) is 11.2 Å². The molecule has 0 radical (unpaired) electrons. The Morgan fingerprint density at radius 2 is 1.81 bits per heavy atom. The molecule has 7 heteroatoms. The summed E-state index contributed by atoms with van der Waals surface area (Å²) in [6.07, 6.45) is 5.31. The summed E-state index contributed by atoms with van der Waals surface area (Å²) in [5.74, 6) is 0. The van der Waals surface area contributed by atoms with Crippen molar-refractivity contribution >= 4 is 22.8 Å². The van der Waals surface area contributed by atoms with E-state index in [1.807, 2.05) is 53.2 Å². The van der Waals surface area contributed by atoms with E-state index in [0.29, 0.717) is 11.1 Å². The molecule has 0 bridgehead atoms. The van der Waals surface area contributed by atoms with Gasteiger partial charge in [0.2, 0.25) is 0 Å². The Kier molecular flexibility index (Phi) is 3.62. The van der Waals surface area contributed by atoms with Crippen LogP contribution in [0.4, 0.5) is 6.01 Å². The Hall–Kier alpha value is -3.74. The van der Waals surface area contributed by atoms with Crippen LogP contribution in [0.2, 0.25) is 0 Å². The first kappa shape index (κ1) is 15.8. The van der Waals surface area contributed by atoms with Crippen LogP contribution in [0.1, 0.15) is 7.43 Å². The Morgan fingerprint density at radius 3 is 2.65 bits per heavy atom. The van der Waals surface area contributed by atoms with Gasteiger partial charge in [-0.3, -0.25) is 4.98 Å². The van der Waals surface area contributed by atoms with Gasteiger partial charge < -0.3 is 10.2 Å². The van der Waals surface area contributed by atoms with E-state index in [2.05, 4.69) is 15.0 Å². The van der Waals surface area contributed by atoms with Crippen LogP contribution in [0.15, 0.2) is 65.5 Å². The summed E-state index contributed by atoms with van der Waals surface area (Å²) in [4.78, 5) is 12.6. The Bertz CT molecular complexity index is 1210. The predicted octanol–water partition coefficient (Wildman–Crippen LogP) is 3.82. The molecule has 0 aliphatic carbocycles. The number of anilines is 1. The molecule has 4 heterocycles. The predicted molar refractivity (Wildman–Crippen MR) is 100 cm³/mol. The van der Waals surface area contributed by atoms with E-state index in [1.165, 1.54) is 0 Å². The molecule has 2 N–H and O–H groups in total. The average molecular weight is 344 g/mol. The van der Waals surface area contributed by atoms with Crippen molar-refractivity contribution in [2.75, 3.05) is 5.73 Å². The summed E-state index contributed by atoms with van der Waals surface area (Å²) in [6.45, 7) is 0. The van der Waals surface area contributed by atoms with Crippen molar-refractivity contribution in [1.82, 2.24) is 24.6 Å². The fraction of sp³-hybridized carbons (Fsp3) is 0.0526. The summed E-state index contributed by atoms with van der Waals surface area (Å²) in [5, 5.41) is 4.74. The summed E-state index contributed by atoms with van der Waals surface area (Å²) in [5.41, 5.74) is 11.4. The van der Waals surface area contributed by atoms with Crippen molar-refractivity contribution in [2.45, 2.75) is 7.43 Å². The smallest absolute Gasteiger partial charge is 0.292 e. The molecule has 128 valence electrons. The first-order valence-corrected chi connectivity index (χ1v) is 7.69. The van der Waals surface area contributed by atoms with Crippen molar-refractivity contribution in [3.63, 3.8) is 0 Å². The summed E-state index contributed by atoms with van der Waals surface area (Å²) >= 11 is 0. The SMILES string of the molecule is C.Nc1nc2cc(-c3ccc4ncc(-c5ccncc5)n4n3)ccc2o1. The van der Waals surface area contributed by atoms with E-state index in [1.54, 1.807) is 12.4 Å². The van der Waals surface area contributed by atoms with Crippen molar-refractivity contribution in [2.24, 2.45) is 0 Å². The first-order chi connectivity index (χ1) is 12.3. The number of aromatic nitrogens is 5. The number of imidazole rings is 1. The van der Waals surface area contributed by atoms with Gasteiger partial charge in [-0.2, -0.15) is 10.1 Å². The molecule has 0 unspecified atom stereocenters. The quantitative estimate of drug-likeness (QED) is 0.523. The van der Waals surface area contributed by atoms with Gasteiger partial charge in [0.25, 0.3) is 6.01 Å². The Balaban J connectivity index is 0.00000168. The van der Waals surface area contributed by atoms with Crippen LogP contribution >= 0.6 is 0 Å². The van der Waals surface area contributed by atoms with Gasteiger partial charge in [0, 0.05) is 23.5 Å². The lowest BCUT2D eigenvalue weighted by Crippen LogP contribution is -1.96. The number of oxazole rings is 1. The zero-order valence-electron chi connectivity index (χ0n) is 13.0. The molecule has 7 nitrogen and oxygen atoms in total. The lowest BCUT2D eigenvalue weighted by atomic mass is 10.1. The van der Waals surface area contributed by atoms with Crippen LogP contribution in [-0.4, -0.2) is 24.6 Å². The van der Waals surface area contributed by atoms with Crippen LogP contribution in [0, 0.1) is 0 Å². The van der Waals surface area contributed by atoms with Crippen molar-refractivity contribution in [1.29, 1.82) is 0 Å². The number of hydrogen-bond acceptors (Lipinski definition) is 6. The highest BCUT2D eigenvalue weighted by Gasteiger charge is 2.10. The Morgan fingerprint density at radius 1 is 0.962 bits per heavy atom.